The first-order valence-electron chi connectivity index (χ1n) is 11.8. The zero-order valence-corrected chi connectivity index (χ0v) is 19.7. The smallest absolute Gasteiger partial charge is 0.326 e. The van der Waals surface area contributed by atoms with Crippen LogP contribution in [0.25, 0.3) is 0 Å². The van der Waals surface area contributed by atoms with E-state index in [1.165, 1.54) is 43.4 Å². The number of amides is 3. The number of urea groups is 1. The average molecular weight is 453 g/mol. The minimum absolute atomic E-state index is 0.0377. The Morgan fingerprint density at radius 1 is 1.06 bits per heavy atom. The highest BCUT2D eigenvalue weighted by Crippen LogP contribution is 2.53. The molecule has 1 N–H and O–H groups in total. The van der Waals surface area contributed by atoms with Crippen LogP contribution in [0.2, 0.25) is 0 Å². The van der Waals surface area contributed by atoms with Crippen LogP contribution in [0.15, 0.2) is 35.8 Å². The van der Waals surface area contributed by atoms with Gasteiger partial charge in [-0.25, -0.2) is 9.78 Å². The molecule has 1 heterocycles. The van der Waals surface area contributed by atoms with Crippen LogP contribution in [-0.2, 0) is 6.54 Å². The minimum Gasteiger partial charge on any atom is -0.349 e. The second-order valence-corrected chi connectivity index (χ2v) is 10.8. The van der Waals surface area contributed by atoms with Crippen LogP contribution < -0.4 is 10.2 Å². The van der Waals surface area contributed by atoms with E-state index in [2.05, 4.69) is 10.3 Å². The molecule has 0 aliphatic heterocycles. The van der Waals surface area contributed by atoms with E-state index in [1.54, 1.807) is 30.1 Å². The van der Waals surface area contributed by atoms with Gasteiger partial charge in [0.05, 0.1) is 0 Å². The summed E-state index contributed by atoms with van der Waals surface area (Å²) in [4.78, 5) is 33.0. The van der Waals surface area contributed by atoms with Gasteiger partial charge in [0.15, 0.2) is 5.13 Å². The molecule has 170 valence electrons. The Labute approximate surface area is 194 Å². The van der Waals surface area contributed by atoms with Gasteiger partial charge in [-0.05, 0) is 79.9 Å². The SMILES string of the molecule is CN(Cc1ccc(C(=O)NC2CCC3CC4CC2[C@@H](C3)C4)cc1)C(=O)N(C)c1nccs1. The van der Waals surface area contributed by atoms with Gasteiger partial charge in [-0.1, -0.05) is 12.1 Å². The van der Waals surface area contributed by atoms with Crippen LogP contribution in [0.5, 0.6) is 0 Å². The van der Waals surface area contributed by atoms with Crippen LogP contribution in [0.3, 0.4) is 0 Å². The maximum Gasteiger partial charge on any atom is 0.326 e. The van der Waals surface area contributed by atoms with Crippen molar-refractivity contribution in [1.29, 1.82) is 0 Å². The van der Waals surface area contributed by atoms with E-state index in [9.17, 15) is 9.59 Å². The molecule has 3 bridgehead atoms. The number of carbonyl (C=O) groups is 2. The lowest BCUT2D eigenvalue weighted by molar-refractivity contribution is 0.0912. The molecule has 3 fully saturated rings. The molecule has 7 heteroatoms. The normalized spacial score (nSPS) is 28.2. The van der Waals surface area contributed by atoms with E-state index in [1.807, 2.05) is 29.6 Å². The average Bonchev–Trinajstić information content (AvgIpc) is 3.41. The first-order chi connectivity index (χ1) is 15.5. The molecule has 1 aromatic heterocycles. The fourth-order valence-electron chi connectivity index (χ4n) is 6.35. The Hall–Kier alpha value is -2.41. The summed E-state index contributed by atoms with van der Waals surface area (Å²) in [5.74, 6) is 3.32. The van der Waals surface area contributed by atoms with Crippen LogP contribution in [0.4, 0.5) is 9.93 Å². The summed E-state index contributed by atoms with van der Waals surface area (Å²) in [7, 11) is 3.51. The second-order valence-electron chi connectivity index (χ2n) is 9.97. The number of hydrogen-bond donors (Lipinski definition) is 1. The van der Waals surface area contributed by atoms with Crippen molar-refractivity contribution in [3.8, 4) is 0 Å². The minimum atomic E-state index is -0.112. The molecule has 1 aromatic carbocycles. The molecular weight excluding hydrogens is 420 g/mol. The molecule has 0 radical (unpaired) electrons. The lowest BCUT2D eigenvalue weighted by atomic mass is 9.80. The number of hydrogen-bond acceptors (Lipinski definition) is 4. The van der Waals surface area contributed by atoms with E-state index in [-0.39, 0.29) is 11.9 Å². The lowest BCUT2D eigenvalue weighted by Crippen LogP contribution is -2.41. The van der Waals surface area contributed by atoms with E-state index in [4.69, 9.17) is 0 Å². The molecule has 3 saturated carbocycles. The van der Waals surface area contributed by atoms with E-state index in [0.29, 0.717) is 29.2 Å². The van der Waals surface area contributed by atoms with Crippen LogP contribution >= 0.6 is 11.3 Å². The highest BCUT2D eigenvalue weighted by Gasteiger charge is 2.46. The second kappa shape index (κ2) is 8.85. The number of anilines is 1. The zero-order chi connectivity index (χ0) is 22.2. The van der Waals surface area contributed by atoms with Gasteiger partial charge in [0.1, 0.15) is 0 Å². The third kappa shape index (κ3) is 4.27. The first kappa shape index (κ1) is 21.4. The van der Waals surface area contributed by atoms with Crippen LogP contribution in [0, 0.1) is 23.7 Å². The highest BCUT2D eigenvalue weighted by molar-refractivity contribution is 7.13. The summed E-state index contributed by atoms with van der Waals surface area (Å²) in [5.41, 5.74) is 1.70. The van der Waals surface area contributed by atoms with Gasteiger partial charge in [-0.15, -0.1) is 11.3 Å². The molecule has 4 unspecified atom stereocenters. The maximum atomic E-state index is 13.0. The third-order valence-electron chi connectivity index (χ3n) is 7.82. The molecule has 0 saturated heterocycles. The summed E-state index contributed by atoms with van der Waals surface area (Å²) in [6.45, 7) is 0.478. The van der Waals surface area contributed by atoms with E-state index >= 15 is 0 Å². The largest absolute Gasteiger partial charge is 0.349 e. The van der Waals surface area contributed by atoms with E-state index in [0.717, 1.165) is 29.7 Å². The fourth-order valence-corrected chi connectivity index (χ4v) is 6.95. The van der Waals surface area contributed by atoms with Crippen molar-refractivity contribution in [1.82, 2.24) is 15.2 Å². The number of aromatic nitrogens is 1. The highest BCUT2D eigenvalue weighted by atomic mass is 32.1. The molecule has 3 amide bonds. The predicted octanol–water partition coefficient (Wildman–Crippen LogP) is 4.78. The van der Waals surface area contributed by atoms with Crippen molar-refractivity contribution in [3.05, 3.63) is 47.0 Å². The van der Waals surface area contributed by atoms with Crippen molar-refractivity contribution in [3.63, 3.8) is 0 Å². The maximum absolute atomic E-state index is 13.0. The summed E-state index contributed by atoms with van der Waals surface area (Å²) < 4.78 is 0. The molecule has 32 heavy (non-hydrogen) atoms. The molecule has 3 aliphatic carbocycles. The zero-order valence-electron chi connectivity index (χ0n) is 18.9. The lowest BCUT2D eigenvalue weighted by Gasteiger charge is -2.27. The van der Waals surface area contributed by atoms with Crippen LogP contribution in [-0.4, -0.2) is 42.0 Å². The summed E-state index contributed by atoms with van der Waals surface area (Å²) in [6.07, 6.45) is 9.58. The standard InChI is InChI=1S/C25H32N4O2S/c1-28(25(31)29(2)24-26-9-10-32-24)15-16-3-6-19(7-4-16)23(30)27-22-8-5-17-11-18-13-20(12-17)21(22)14-18/h3-4,6-7,9-10,17-18,20-22H,5,8,11-15H2,1-2H3,(H,27,30)/t17?,18?,20-,21?,22?/m0/s1. The van der Waals surface area contributed by atoms with Crippen molar-refractivity contribution in [2.45, 2.75) is 51.1 Å². The summed E-state index contributed by atoms with van der Waals surface area (Å²) in [6, 6.07) is 7.87. The molecule has 0 spiro atoms. The number of rotatable bonds is 5. The summed E-state index contributed by atoms with van der Waals surface area (Å²) in [5, 5.41) is 5.91. The molecule has 3 aliphatic rings. The predicted molar refractivity (Wildman–Crippen MR) is 127 cm³/mol. The fraction of sp³-hybridized carbons (Fsp3) is 0.560. The van der Waals surface area contributed by atoms with Crippen molar-refractivity contribution >= 4 is 28.4 Å². The van der Waals surface area contributed by atoms with Crippen molar-refractivity contribution in [2.75, 3.05) is 19.0 Å². The number of carbonyl (C=O) groups excluding carboxylic acids is 2. The van der Waals surface area contributed by atoms with Gasteiger partial charge in [-0.2, -0.15) is 0 Å². The Balaban J connectivity index is 1.18. The third-order valence-corrected chi connectivity index (χ3v) is 8.67. The Kier molecular flexibility index (Phi) is 5.93. The van der Waals surface area contributed by atoms with Crippen molar-refractivity contribution in [2.24, 2.45) is 23.7 Å². The number of nitrogens with zero attached hydrogens (tertiary/aromatic N) is 3. The summed E-state index contributed by atoms with van der Waals surface area (Å²) >= 11 is 1.43. The van der Waals surface area contributed by atoms with Gasteiger partial charge < -0.3 is 10.2 Å². The number of nitrogens with one attached hydrogen (secondary N) is 1. The Morgan fingerprint density at radius 2 is 1.84 bits per heavy atom. The molecule has 5 atom stereocenters. The van der Waals surface area contributed by atoms with Gasteiger partial charge in [0.2, 0.25) is 0 Å². The van der Waals surface area contributed by atoms with E-state index < -0.39 is 0 Å². The molecule has 2 aromatic rings. The van der Waals surface area contributed by atoms with Crippen LogP contribution in [0.1, 0.15) is 54.4 Å². The number of fused-ring (bicyclic) bond motifs is 2. The topological polar surface area (TPSA) is 65.5 Å². The van der Waals surface area contributed by atoms with Crippen molar-refractivity contribution < 1.29 is 9.59 Å². The van der Waals surface area contributed by atoms with Gasteiger partial charge in [0.25, 0.3) is 5.91 Å². The molecule has 5 rings (SSSR count). The Bertz CT molecular complexity index is 961. The van der Waals surface area contributed by atoms with Gasteiger partial charge >= 0.3 is 6.03 Å². The Morgan fingerprint density at radius 3 is 2.59 bits per heavy atom. The first-order valence-corrected chi connectivity index (χ1v) is 12.6. The number of benzene rings is 1. The van der Waals surface area contributed by atoms with Gasteiger partial charge in [-0.3, -0.25) is 9.69 Å². The monoisotopic (exact) mass is 452 g/mol. The van der Waals surface area contributed by atoms with Gasteiger partial charge in [0, 0.05) is 43.8 Å². The quantitative estimate of drug-likeness (QED) is 0.710. The molecular formula is C25H32N4O2S. The number of thiazole rings is 1. The molecule has 6 nitrogen and oxygen atoms in total.